The molecule has 0 unspecified atom stereocenters. The highest BCUT2D eigenvalue weighted by molar-refractivity contribution is 7.89. The number of nitrogens with zero attached hydrogens (tertiary/aromatic N) is 4. The molecular weight excluding hydrogens is 546 g/mol. The van der Waals surface area contributed by atoms with E-state index in [2.05, 4.69) is 15.3 Å². The molecule has 1 N–H and O–H groups in total. The Hall–Kier alpha value is -3.16. The number of benzene rings is 2. The van der Waals surface area contributed by atoms with Crippen molar-refractivity contribution >= 4 is 33.3 Å². The van der Waals surface area contributed by atoms with Gasteiger partial charge in [0.05, 0.1) is 16.5 Å². The molecular formula is C26H32ClN5O6S. The Bertz CT molecular complexity index is 1420. The van der Waals surface area contributed by atoms with Crippen LogP contribution in [0.1, 0.15) is 17.3 Å². The second-order valence-corrected chi connectivity index (χ2v) is 11.7. The lowest BCUT2D eigenvalue weighted by atomic mass is 10.2. The minimum atomic E-state index is -3.70. The van der Waals surface area contributed by atoms with Crippen LogP contribution in [0, 0.1) is 0 Å². The van der Waals surface area contributed by atoms with Crippen molar-refractivity contribution in [1.82, 2.24) is 19.0 Å². The van der Waals surface area contributed by atoms with Gasteiger partial charge in [0.1, 0.15) is 23.4 Å². The summed E-state index contributed by atoms with van der Waals surface area (Å²) < 4.78 is 46.3. The molecule has 0 saturated carbocycles. The molecule has 1 atom stereocenters. The molecule has 1 fully saturated rings. The van der Waals surface area contributed by atoms with Crippen LogP contribution in [-0.4, -0.2) is 86.4 Å². The average molecular weight is 578 g/mol. The summed E-state index contributed by atoms with van der Waals surface area (Å²) in [6.07, 6.45) is 1.42. The van der Waals surface area contributed by atoms with Crippen molar-refractivity contribution in [3.05, 3.63) is 59.2 Å². The lowest BCUT2D eigenvalue weighted by Gasteiger charge is -2.31. The van der Waals surface area contributed by atoms with Gasteiger partial charge >= 0.3 is 0 Å². The highest BCUT2D eigenvalue weighted by Gasteiger charge is 2.28. The number of carbonyl (C=O) groups is 1. The van der Waals surface area contributed by atoms with Crippen molar-refractivity contribution < 1.29 is 27.4 Å². The zero-order valence-corrected chi connectivity index (χ0v) is 23.8. The average Bonchev–Trinajstić information content (AvgIpc) is 3.29. The van der Waals surface area contributed by atoms with E-state index < -0.39 is 15.9 Å². The van der Waals surface area contributed by atoms with E-state index in [9.17, 15) is 13.2 Å². The Balaban J connectivity index is 1.58. The largest absolute Gasteiger partial charge is 0.488 e. The number of sulfonamides is 1. The number of aromatic nitrogens is 2. The molecule has 1 aromatic heterocycles. The highest BCUT2D eigenvalue weighted by atomic mass is 35.5. The van der Waals surface area contributed by atoms with E-state index in [0.29, 0.717) is 44.4 Å². The van der Waals surface area contributed by atoms with E-state index in [1.165, 1.54) is 28.6 Å². The predicted octanol–water partition coefficient (Wildman–Crippen LogP) is 3.47. The van der Waals surface area contributed by atoms with Gasteiger partial charge in [-0.25, -0.2) is 8.42 Å². The Labute approximate surface area is 233 Å². The van der Waals surface area contributed by atoms with Crippen molar-refractivity contribution in [2.45, 2.75) is 17.9 Å². The molecule has 0 aliphatic carbocycles. The van der Waals surface area contributed by atoms with Gasteiger partial charge in [0.2, 0.25) is 10.0 Å². The number of amides is 1. The van der Waals surface area contributed by atoms with Crippen molar-refractivity contribution in [3.63, 3.8) is 0 Å². The van der Waals surface area contributed by atoms with Gasteiger partial charge in [0.25, 0.3) is 5.91 Å². The quantitative estimate of drug-likeness (QED) is 0.389. The maximum absolute atomic E-state index is 13.1. The van der Waals surface area contributed by atoms with E-state index in [1.807, 2.05) is 14.0 Å². The van der Waals surface area contributed by atoms with Crippen LogP contribution in [-0.2, 0) is 21.8 Å². The zero-order valence-electron chi connectivity index (χ0n) is 22.3. The van der Waals surface area contributed by atoms with Gasteiger partial charge in [0.15, 0.2) is 5.82 Å². The zero-order chi connectivity index (χ0) is 28.2. The number of methoxy groups -OCH3 is 1. The van der Waals surface area contributed by atoms with Crippen molar-refractivity contribution in [1.29, 1.82) is 0 Å². The summed E-state index contributed by atoms with van der Waals surface area (Å²) in [5.74, 6) is 0.869. The first-order chi connectivity index (χ1) is 18.5. The molecule has 0 spiro atoms. The third kappa shape index (κ3) is 7.28. The van der Waals surface area contributed by atoms with Gasteiger partial charge in [-0.2, -0.15) is 9.40 Å². The molecule has 1 aliphatic rings. The first-order valence-electron chi connectivity index (χ1n) is 12.3. The van der Waals surface area contributed by atoms with Gasteiger partial charge in [-0.1, -0.05) is 11.6 Å². The van der Waals surface area contributed by atoms with Crippen molar-refractivity contribution in [2.75, 3.05) is 52.3 Å². The molecule has 11 nitrogen and oxygen atoms in total. The normalized spacial score (nSPS) is 15.6. The highest BCUT2D eigenvalue weighted by Crippen LogP contribution is 2.34. The molecule has 3 aromatic rings. The van der Waals surface area contributed by atoms with E-state index in [-0.39, 0.29) is 33.1 Å². The Morgan fingerprint density at radius 3 is 2.44 bits per heavy atom. The van der Waals surface area contributed by atoms with Crippen LogP contribution in [0.4, 0.5) is 5.82 Å². The Kier molecular flexibility index (Phi) is 9.13. The second-order valence-electron chi connectivity index (χ2n) is 9.31. The number of carbonyl (C=O) groups excluding carboxylic acids is 1. The number of aryl methyl sites for hydroxylation is 1. The van der Waals surface area contributed by atoms with Gasteiger partial charge in [-0.15, -0.1) is 0 Å². The van der Waals surface area contributed by atoms with Gasteiger partial charge < -0.3 is 24.4 Å². The van der Waals surface area contributed by atoms with E-state index in [1.54, 1.807) is 43.2 Å². The van der Waals surface area contributed by atoms with Crippen molar-refractivity contribution in [2.24, 2.45) is 7.05 Å². The fraction of sp³-hybridized carbons (Fsp3) is 0.385. The molecule has 1 aliphatic heterocycles. The van der Waals surface area contributed by atoms with Crippen LogP contribution in [0.25, 0.3) is 0 Å². The number of halogens is 1. The van der Waals surface area contributed by atoms with Crippen LogP contribution >= 0.6 is 11.6 Å². The predicted molar refractivity (Wildman–Crippen MR) is 147 cm³/mol. The fourth-order valence-corrected chi connectivity index (χ4v) is 5.76. The second kappa shape index (κ2) is 12.3. The monoisotopic (exact) mass is 577 g/mol. The maximum Gasteiger partial charge on any atom is 0.257 e. The Morgan fingerprint density at radius 2 is 1.79 bits per heavy atom. The number of piperazine rings is 1. The number of anilines is 1. The summed E-state index contributed by atoms with van der Waals surface area (Å²) in [4.78, 5) is 15.2. The minimum absolute atomic E-state index is 0.0882. The van der Waals surface area contributed by atoms with Crippen molar-refractivity contribution in [3.8, 4) is 17.2 Å². The molecule has 210 valence electrons. The van der Waals surface area contributed by atoms with E-state index >= 15 is 0 Å². The number of ether oxygens (including phenoxy) is 3. The molecule has 2 aromatic carbocycles. The fourth-order valence-electron chi connectivity index (χ4n) is 4.03. The number of likely N-dealkylation sites (N-methyl/N-ethyl adjacent to an activating group) is 1. The number of rotatable bonds is 10. The van der Waals surface area contributed by atoms with Gasteiger partial charge in [-0.05, 0) is 44.3 Å². The summed E-state index contributed by atoms with van der Waals surface area (Å²) >= 11 is 6.47. The first kappa shape index (κ1) is 28.8. The smallest absolute Gasteiger partial charge is 0.257 e. The molecule has 13 heteroatoms. The lowest BCUT2D eigenvalue weighted by molar-refractivity contribution is 0.0915. The van der Waals surface area contributed by atoms with Gasteiger partial charge in [0, 0.05) is 64.2 Å². The SMILES string of the molecule is COC[C@H](C)Oc1cc(Oc2ccc(S(=O)(=O)N3CCN(C)CC3)cc2Cl)cc(C(=O)Nc2ccn(C)n2)c1. The summed E-state index contributed by atoms with van der Waals surface area (Å²) in [5, 5.41) is 7.02. The molecule has 1 amide bonds. The first-order valence-corrected chi connectivity index (χ1v) is 14.1. The van der Waals surface area contributed by atoms with E-state index in [4.69, 9.17) is 25.8 Å². The van der Waals surface area contributed by atoms with Crippen LogP contribution in [0.5, 0.6) is 17.2 Å². The Morgan fingerprint density at radius 1 is 1.08 bits per heavy atom. The standard InChI is InChI=1S/C26H32ClN5O6S/c1-18(17-36-4)37-20-13-19(26(33)28-25-7-8-31(3)29-25)14-21(15-20)38-24-6-5-22(16-23(24)27)39(34,35)32-11-9-30(2)10-12-32/h5-8,13-16,18H,9-12,17H2,1-4H3,(H,28,29,33)/t18-/m0/s1. The summed E-state index contributed by atoms with van der Waals surface area (Å²) in [6.45, 7) is 4.31. The van der Waals surface area contributed by atoms with Crippen LogP contribution < -0.4 is 14.8 Å². The minimum Gasteiger partial charge on any atom is -0.488 e. The molecule has 0 bridgehead atoms. The molecule has 39 heavy (non-hydrogen) atoms. The van der Waals surface area contributed by atoms with Crippen LogP contribution in [0.3, 0.4) is 0 Å². The topological polar surface area (TPSA) is 115 Å². The summed E-state index contributed by atoms with van der Waals surface area (Å²) in [5.41, 5.74) is 0.267. The van der Waals surface area contributed by atoms with Crippen LogP contribution in [0.15, 0.2) is 53.6 Å². The third-order valence-corrected chi connectivity index (χ3v) is 8.26. The number of nitrogens with one attached hydrogen (secondary N) is 1. The summed E-state index contributed by atoms with van der Waals surface area (Å²) in [6, 6.07) is 10.8. The summed E-state index contributed by atoms with van der Waals surface area (Å²) in [7, 11) is 1.58. The maximum atomic E-state index is 13.1. The van der Waals surface area contributed by atoms with Crippen LogP contribution in [0.2, 0.25) is 5.02 Å². The van der Waals surface area contributed by atoms with Gasteiger partial charge in [-0.3, -0.25) is 9.48 Å². The lowest BCUT2D eigenvalue weighted by Crippen LogP contribution is -2.46. The molecule has 4 rings (SSSR count). The number of hydrogen-bond acceptors (Lipinski definition) is 8. The van der Waals surface area contributed by atoms with E-state index in [0.717, 1.165) is 0 Å². The third-order valence-electron chi connectivity index (χ3n) is 6.07. The molecule has 2 heterocycles. The number of hydrogen-bond donors (Lipinski definition) is 1. The molecule has 1 saturated heterocycles. The molecule has 0 radical (unpaired) electrons.